The molecule has 0 aliphatic carbocycles. The molecular formula is C20H20N2O2. The number of amides is 1. The Hall–Kier alpha value is -3.06. The summed E-state index contributed by atoms with van der Waals surface area (Å²) in [6.45, 7) is 2.55. The lowest BCUT2D eigenvalue weighted by molar-refractivity contribution is -0.124. The van der Waals surface area contributed by atoms with Gasteiger partial charge in [-0.2, -0.15) is 5.26 Å². The zero-order valence-corrected chi connectivity index (χ0v) is 14.1. The third-order valence-corrected chi connectivity index (χ3v) is 3.47. The van der Waals surface area contributed by atoms with Crippen molar-refractivity contribution in [3.63, 3.8) is 0 Å². The highest BCUT2D eigenvalue weighted by molar-refractivity contribution is 6.01. The van der Waals surface area contributed by atoms with Gasteiger partial charge in [0.15, 0.2) is 0 Å². The van der Waals surface area contributed by atoms with E-state index in [0.717, 1.165) is 16.9 Å². The molecule has 24 heavy (non-hydrogen) atoms. The fourth-order valence-electron chi connectivity index (χ4n) is 2.06. The van der Waals surface area contributed by atoms with Gasteiger partial charge in [-0.1, -0.05) is 42.0 Å². The maximum Gasteiger partial charge on any atom is 0.264 e. The van der Waals surface area contributed by atoms with Crippen LogP contribution in [0.4, 0.5) is 0 Å². The number of carbonyl (C=O) groups excluding carboxylic acids is 1. The molecule has 0 radical (unpaired) electrons. The van der Waals surface area contributed by atoms with Crippen molar-refractivity contribution in [2.75, 3.05) is 14.1 Å². The van der Waals surface area contributed by atoms with Crippen LogP contribution < -0.4 is 4.74 Å². The van der Waals surface area contributed by atoms with E-state index in [4.69, 9.17) is 10.00 Å². The largest absolute Gasteiger partial charge is 0.489 e. The van der Waals surface area contributed by atoms with E-state index >= 15 is 0 Å². The first kappa shape index (κ1) is 17.3. The van der Waals surface area contributed by atoms with Crippen molar-refractivity contribution in [1.82, 2.24) is 4.90 Å². The van der Waals surface area contributed by atoms with E-state index in [1.165, 1.54) is 10.5 Å². The molecule has 0 unspecified atom stereocenters. The summed E-state index contributed by atoms with van der Waals surface area (Å²) in [5, 5.41) is 9.10. The van der Waals surface area contributed by atoms with E-state index in [-0.39, 0.29) is 11.5 Å². The number of likely N-dealkylation sites (N-methyl/N-ethyl adjacent to an activating group) is 1. The predicted molar refractivity (Wildman–Crippen MR) is 94.2 cm³/mol. The Morgan fingerprint density at radius 1 is 1.12 bits per heavy atom. The van der Waals surface area contributed by atoms with Gasteiger partial charge < -0.3 is 9.64 Å². The predicted octanol–water partition coefficient (Wildman–Crippen LogP) is 3.57. The highest BCUT2D eigenvalue weighted by atomic mass is 16.5. The van der Waals surface area contributed by atoms with Gasteiger partial charge in [-0.25, -0.2) is 0 Å². The minimum atomic E-state index is -0.308. The molecule has 0 heterocycles. The molecule has 122 valence electrons. The van der Waals surface area contributed by atoms with Crippen LogP contribution in [0.2, 0.25) is 0 Å². The Bertz CT molecular complexity index is 767. The summed E-state index contributed by atoms with van der Waals surface area (Å²) in [7, 11) is 3.24. The molecule has 0 saturated carbocycles. The number of ether oxygens (including phenoxy) is 1. The number of nitriles is 1. The van der Waals surface area contributed by atoms with Gasteiger partial charge in [0.25, 0.3) is 5.91 Å². The molecule has 1 amide bonds. The summed E-state index contributed by atoms with van der Waals surface area (Å²) in [6, 6.07) is 17.4. The van der Waals surface area contributed by atoms with Gasteiger partial charge in [-0.15, -0.1) is 0 Å². The molecule has 2 aromatic carbocycles. The van der Waals surface area contributed by atoms with E-state index in [2.05, 4.69) is 12.1 Å². The zero-order valence-electron chi connectivity index (χ0n) is 14.1. The average molecular weight is 320 g/mol. The fraction of sp³-hybridized carbons (Fsp3) is 0.200. The second-order valence-electron chi connectivity index (χ2n) is 5.71. The van der Waals surface area contributed by atoms with Crippen LogP contribution in [0.3, 0.4) is 0 Å². The van der Waals surface area contributed by atoms with Crippen LogP contribution in [0.5, 0.6) is 5.75 Å². The number of carbonyl (C=O) groups is 1. The highest BCUT2D eigenvalue weighted by Crippen LogP contribution is 2.16. The quantitative estimate of drug-likeness (QED) is 0.625. The van der Waals surface area contributed by atoms with Crippen LogP contribution >= 0.6 is 0 Å². The first-order valence-corrected chi connectivity index (χ1v) is 7.61. The molecule has 0 spiro atoms. The molecule has 4 heteroatoms. The van der Waals surface area contributed by atoms with Crippen molar-refractivity contribution in [2.45, 2.75) is 13.5 Å². The van der Waals surface area contributed by atoms with Crippen LogP contribution in [0.1, 0.15) is 16.7 Å². The highest BCUT2D eigenvalue weighted by Gasteiger charge is 2.10. The van der Waals surface area contributed by atoms with Crippen LogP contribution in [-0.2, 0) is 11.4 Å². The normalized spacial score (nSPS) is 10.8. The Morgan fingerprint density at radius 3 is 2.29 bits per heavy atom. The Balaban J connectivity index is 2.03. The minimum absolute atomic E-state index is 0.105. The first-order chi connectivity index (χ1) is 11.5. The van der Waals surface area contributed by atoms with Crippen molar-refractivity contribution in [2.24, 2.45) is 0 Å². The monoisotopic (exact) mass is 320 g/mol. The van der Waals surface area contributed by atoms with Crippen molar-refractivity contribution >= 4 is 12.0 Å². The van der Waals surface area contributed by atoms with E-state index in [1.54, 1.807) is 20.2 Å². The molecular weight excluding hydrogens is 300 g/mol. The molecule has 2 aromatic rings. The molecule has 2 rings (SSSR count). The molecule has 0 N–H and O–H groups in total. The summed E-state index contributed by atoms with van der Waals surface area (Å²) < 4.78 is 5.74. The van der Waals surface area contributed by atoms with Gasteiger partial charge in [0.1, 0.15) is 24.0 Å². The molecule has 0 fully saturated rings. The van der Waals surface area contributed by atoms with Crippen LogP contribution in [-0.4, -0.2) is 24.9 Å². The lowest BCUT2D eigenvalue weighted by Crippen LogP contribution is -2.22. The number of benzene rings is 2. The fourth-order valence-corrected chi connectivity index (χ4v) is 2.06. The van der Waals surface area contributed by atoms with E-state index in [9.17, 15) is 4.79 Å². The van der Waals surface area contributed by atoms with Gasteiger partial charge in [0, 0.05) is 14.1 Å². The second kappa shape index (κ2) is 7.98. The summed E-state index contributed by atoms with van der Waals surface area (Å²) >= 11 is 0. The first-order valence-electron chi connectivity index (χ1n) is 7.61. The van der Waals surface area contributed by atoms with E-state index < -0.39 is 0 Å². The number of hydrogen-bond donors (Lipinski definition) is 0. The molecule has 4 nitrogen and oxygen atoms in total. The molecule has 0 bridgehead atoms. The van der Waals surface area contributed by atoms with Gasteiger partial charge in [-0.3, -0.25) is 4.79 Å². The molecule has 0 saturated heterocycles. The topological polar surface area (TPSA) is 53.3 Å². The third-order valence-electron chi connectivity index (χ3n) is 3.47. The minimum Gasteiger partial charge on any atom is -0.489 e. The average Bonchev–Trinajstić information content (AvgIpc) is 2.59. The summed E-state index contributed by atoms with van der Waals surface area (Å²) in [4.78, 5) is 13.2. The van der Waals surface area contributed by atoms with Gasteiger partial charge >= 0.3 is 0 Å². The smallest absolute Gasteiger partial charge is 0.264 e. The third kappa shape index (κ3) is 4.72. The summed E-state index contributed by atoms with van der Waals surface area (Å²) in [5.41, 5.74) is 3.21. The lowest BCUT2D eigenvalue weighted by Gasteiger charge is -2.09. The number of nitrogens with zero attached hydrogens (tertiary/aromatic N) is 2. The number of aryl methyl sites for hydroxylation is 1. The van der Waals surface area contributed by atoms with E-state index in [1.807, 2.05) is 49.4 Å². The summed E-state index contributed by atoms with van der Waals surface area (Å²) in [5.74, 6) is 0.433. The Kier molecular flexibility index (Phi) is 5.75. The zero-order chi connectivity index (χ0) is 17.5. The number of hydrogen-bond acceptors (Lipinski definition) is 3. The van der Waals surface area contributed by atoms with Crippen LogP contribution in [0.15, 0.2) is 54.1 Å². The van der Waals surface area contributed by atoms with Crippen molar-refractivity contribution in [3.05, 3.63) is 70.8 Å². The van der Waals surface area contributed by atoms with Gasteiger partial charge in [0.05, 0.1) is 0 Å². The Labute approximate surface area is 142 Å². The van der Waals surface area contributed by atoms with Crippen molar-refractivity contribution < 1.29 is 9.53 Å². The summed E-state index contributed by atoms with van der Waals surface area (Å²) in [6.07, 6.45) is 1.58. The Morgan fingerprint density at radius 2 is 1.75 bits per heavy atom. The molecule has 0 atom stereocenters. The van der Waals surface area contributed by atoms with Gasteiger partial charge in [0.2, 0.25) is 0 Å². The van der Waals surface area contributed by atoms with E-state index in [0.29, 0.717) is 6.61 Å². The molecule has 0 aromatic heterocycles. The maximum absolute atomic E-state index is 11.8. The maximum atomic E-state index is 11.8. The SMILES string of the molecule is Cc1ccc(COc2ccc(/C=C(/C#N)C(=O)N(C)C)cc2)cc1. The lowest BCUT2D eigenvalue weighted by atomic mass is 10.1. The van der Waals surface area contributed by atoms with Gasteiger partial charge in [-0.05, 0) is 36.3 Å². The van der Waals surface area contributed by atoms with Crippen molar-refractivity contribution in [3.8, 4) is 11.8 Å². The van der Waals surface area contributed by atoms with Crippen LogP contribution in [0, 0.1) is 18.3 Å². The standard InChI is InChI=1S/C20H20N2O2/c1-15-4-6-17(7-5-15)14-24-19-10-8-16(9-11-19)12-18(13-21)20(23)22(2)3/h4-12H,14H2,1-3H3/b18-12-. The van der Waals surface area contributed by atoms with Crippen molar-refractivity contribution in [1.29, 1.82) is 5.26 Å². The number of rotatable bonds is 5. The molecule has 0 aliphatic rings. The molecule has 0 aliphatic heterocycles. The van der Waals surface area contributed by atoms with Crippen LogP contribution in [0.25, 0.3) is 6.08 Å². The second-order valence-corrected chi connectivity index (χ2v) is 5.71.